The highest BCUT2D eigenvalue weighted by atomic mass is 32.2. The van der Waals surface area contributed by atoms with Gasteiger partial charge in [0.1, 0.15) is 6.54 Å². The predicted molar refractivity (Wildman–Crippen MR) is 111 cm³/mol. The molecule has 2 aromatic rings. The summed E-state index contributed by atoms with van der Waals surface area (Å²) in [6.07, 6.45) is 4.33. The van der Waals surface area contributed by atoms with Crippen molar-refractivity contribution in [2.75, 3.05) is 10.8 Å². The van der Waals surface area contributed by atoms with E-state index in [1.54, 1.807) is 30.3 Å². The summed E-state index contributed by atoms with van der Waals surface area (Å²) in [4.78, 5) is 23.0. The quantitative estimate of drug-likeness (QED) is 0.537. The second-order valence-corrected chi connectivity index (χ2v) is 9.75. The molecule has 1 N–H and O–H groups in total. The smallest absolute Gasteiger partial charge is 0.289 e. The molecule has 2 bridgehead atoms. The molecule has 2 fully saturated rings. The van der Waals surface area contributed by atoms with E-state index < -0.39 is 38.0 Å². The van der Waals surface area contributed by atoms with E-state index in [0.29, 0.717) is 11.8 Å². The number of sulfonamides is 1. The maximum atomic E-state index is 13.4. The van der Waals surface area contributed by atoms with Crippen LogP contribution in [-0.4, -0.2) is 31.8 Å². The predicted octanol–water partition coefficient (Wildman–Crippen LogP) is 3.09. The molecule has 3 atom stereocenters. The Kier molecular flexibility index (Phi) is 5.46. The molecule has 2 saturated carbocycles. The fourth-order valence-electron chi connectivity index (χ4n) is 4.66. The number of rotatable bonds is 7. The Balaban J connectivity index is 1.63. The van der Waals surface area contributed by atoms with Crippen molar-refractivity contribution in [1.29, 1.82) is 0 Å². The third-order valence-corrected chi connectivity index (χ3v) is 7.87. The average Bonchev–Trinajstić information content (AvgIpc) is 3.35. The van der Waals surface area contributed by atoms with Crippen LogP contribution in [0, 0.1) is 22.0 Å². The summed E-state index contributed by atoms with van der Waals surface area (Å²) in [5, 5.41) is 14.4. The molecule has 2 aliphatic carbocycles. The van der Waals surface area contributed by atoms with Crippen molar-refractivity contribution in [3.05, 3.63) is 64.7 Å². The first-order chi connectivity index (χ1) is 14.4. The highest BCUT2D eigenvalue weighted by Gasteiger charge is 2.41. The Hall–Kier alpha value is -2.94. The van der Waals surface area contributed by atoms with Gasteiger partial charge in [0, 0.05) is 12.1 Å². The van der Waals surface area contributed by atoms with Crippen molar-refractivity contribution in [2.24, 2.45) is 11.8 Å². The lowest BCUT2D eigenvalue weighted by Gasteiger charge is -2.27. The number of hydrogen-bond acceptors (Lipinski definition) is 5. The van der Waals surface area contributed by atoms with Gasteiger partial charge in [-0.3, -0.25) is 19.2 Å². The highest BCUT2D eigenvalue weighted by molar-refractivity contribution is 7.93. The van der Waals surface area contributed by atoms with E-state index in [1.165, 1.54) is 24.6 Å². The monoisotopic (exact) mass is 429 g/mol. The summed E-state index contributed by atoms with van der Waals surface area (Å²) in [7, 11) is -4.34. The Morgan fingerprint density at radius 1 is 1.07 bits per heavy atom. The zero-order chi connectivity index (χ0) is 21.3. The summed E-state index contributed by atoms with van der Waals surface area (Å²) in [5.41, 5.74) is -0.245. The second kappa shape index (κ2) is 8.06. The van der Waals surface area contributed by atoms with Gasteiger partial charge < -0.3 is 5.32 Å². The average molecular weight is 429 g/mol. The van der Waals surface area contributed by atoms with Gasteiger partial charge in [-0.05, 0) is 49.3 Å². The molecule has 1 amide bonds. The summed E-state index contributed by atoms with van der Waals surface area (Å²) in [6, 6.07) is 13.4. The maximum absolute atomic E-state index is 13.4. The first-order valence-electron chi connectivity index (χ1n) is 9.97. The third-order valence-electron chi connectivity index (χ3n) is 6.05. The van der Waals surface area contributed by atoms with Crippen LogP contribution in [-0.2, 0) is 14.8 Å². The molecule has 0 saturated heterocycles. The number of nitrogens with zero attached hydrogens (tertiary/aromatic N) is 2. The molecule has 0 spiro atoms. The number of para-hydroxylation sites is 2. The van der Waals surface area contributed by atoms with Crippen LogP contribution in [0.2, 0.25) is 0 Å². The van der Waals surface area contributed by atoms with Crippen LogP contribution in [0.3, 0.4) is 0 Å². The van der Waals surface area contributed by atoms with Crippen molar-refractivity contribution < 1.29 is 18.1 Å². The molecule has 0 heterocycles. The largest absolute Gasteiger partial charge is 0.352 e. The van der Waals surface area contributed by atoms with Gasteiger partial charge in [0.25, 0.3) is 15.7 Å². The Morgan fingerprint density at radius 2 is 1.77 bits per heavy atom. The molecule has 9 heteroatoms. The van der Waals surface area contributed by atoms with Crippen molar-refractivity contribution in [3.63, 3.8) is 0 Å². The van der Waals surface area contributed by atoms with E-state index in [9.17, 15) is 23.3 Å². The number of anilines is 1. The van der Waals surface area contributed by atoms with Crippen molar-refractivity contribution >= 4 is 27.3 Å². The van der Waals surface area contributed by atoms with Gasteiger partial charge in [0.05, 0.1) is 10.6 Å². The van der Waals surface area contributed by atoms with E-state index in [-0.39, 0.29) is 11.7 Å². The van der Waals surface area contributed by atoms with Crippen LogP contribution < -0.4 is 9.62 Å². The van der Waals surface area contributed by atoms with E-state index >= 15 is 0 Å². The minimum absolute atomic E-state index is 0.0719. The first-order valence-corrected chi connectivity index (χ1v) is 11.4. The normalized spacial score (nSPS) is 22.6. The molecule has 2 aliphatic rings. The third kappa shape index (κ3) is 3.89. The summed E-state index contributed by atoms with van der Waals surface area (Å²) in [5.74, 6) is 0.690. The van der Waals surface area contributed by atoms with Gasteiger partial charge in [-0.15, -0.1) is 0 Å². The second-order valence-electron chi connectivity index (χ2n) is 7.92. The van der Waals surface area contributed by atoms with Crippen LogP contribution in [0.25, 0.3) is 0 Å². The number of carbonyl (C=O) groups is 1. The zero-order valence-corrected chi connectivity index (χ0v) is 17.1. The molecule has 0 aromatic heterocycles. The number of hydrogen-bond donors (Lipinski definition) is 1. The van der Waals surface area contributed by atoms with Crippen LogP contribution >= 0.6 is 0 Å². The number of fused-ring (bicyclic) bond motifs is 2. The maximum Gasteiger partial charge on any atom is 0.289 e. The SMILES string of the molecule is O=C(CN(c1ccccc1)S(=O)(=O)c1ccccc1[N+](=O)[O-])N[C@H]1C[C@@H]2CC[C@H]1C2. The molecular weight excluding hydrogens is 406 g/mol. The minimum Gasteiger partial charge on any atom is -0.352 e. The first kappa shape index (κ1) is 20.3. The van der Waals surface area contributed by atoms with E-state index in [2.05, 4.69) is 5.32 Å². The van der Waals surface area contributed by atoms with E-state index in [0.717, 1.165) is 29.6 Å². The van der Waals surface area contributed by atoms with Gasteiger partial charge in [-0.2, -0.15) is 0 Å². The minimum atomic E-state index is -4.34. The molecule has 0 unspecified atom stereocenters. The molecule has 8 nitrogen and oxygen atoms in total. The van der Waals surface area contributed by atoms with Gasteiger partial charge in [-0.1, -0.05) is 36.8 Å². The molecule has 0 aliphatic heterocycles. The Morgan fingerprint density at radius 3 is 2.40 bits per heavy atom. The van der Waals surface area contributed by atoms with Gasteiger partial charge >= 0.3 is 0 Å². The molecular formula is C21H23N3O5S. The van der Waals surface area contributed by atoms with Gasteiger partial charge in [-0.25, -0.2) is 8.42 Å². The van der Waals surface area contributed by atoms with Crippen LogP contribution in [0.1, 0.15) is 25.7 Å². The number of nitro benzene ring substituents is 1. The number of nitro groups is 1. The lowest BCUT2D eigenvalue weighted by Crippen LogP contribution is -2.46. The van der Waals surface area contributed by atoms with Gasteiger partial charge in [0.15, 0.2) is 4.90 Å². The zero-order valence-electron chi connectivity index (χ0n) is 16.3. The number of amides is 1. The number of nitrogens with one attached hydrogen (secondary N) is 1. The highest BCUT2D eigenvalue weighted by Crippen LogP contribution is 2.44. The lowest BCUT2D eigenvalue weighted by molar-refractivity contribution is -0.387. The van der Waals surface area contributed by atoms with E-state index in [1.807, 2.05) is 0 Å². The van der Waals surface area contributed by atoms with Crippen LogP contribution in [0.15, 0.2) is 59.5 Å². The fraction of sp³-hybridized carbons (Fsp3) is 0.381. The summed E-state index contributed by atoms with van der Waals surface area (Å²) >= 11 is 0. The molecule has 4 rings (SSSR count). The van der Waals surface area contributed by atoms with Gasteiger partial charge in [0.2, 0.25) is 5.91 Å². The molecule has 30 heavy (non-hydrogen) atoms. The van der Waals surface area contributed by atoms with Crippen molar-refractivity contribution in [3.8, 4) is 0 Å². The topological polar surface area (TPSA) is 110 Å². The standard InChI is InChI=1S/C21H23N3O5S/c25-21(22-18-13-15-10-11-16(18)12-15)14-23(17-6-2-1-3-7-17)30(28,29)20-9-5-4-8-19(20)24(26)27/h1-9,15-16,18H,10-14H2,(H,22,25)/t15-,16+,18+/m1/s1. The van der Waals surface area contributed by atoms with Crippen LogP contribution in [0.5, 0.6) is 0 Å². The number of benzene rings is 2. The van der Waals surface area contributed by atoms with Crippen LogP contribution in [0.4, 0.5) is 11.4 Å². The van der Waals surface area contributed by atoms with Crippen molar-refractivity contribution in [1.82, 2.24) is 5.32 Å². The molecule has 158 valence electrons. The Bertz CT molecular complexity index is 1060. The Labute approximate surface area is 175 Å². The van der Waals surface area contributed by atoms with Crippen molar-refractivity contribution in [2.45, 2.75) is 36.6 Å². The molecule has 0 radical (unpaired) electrons. The summed E-state index contributed by atoms with van der Waals surface area (Å²) < 4.78 is 27.7. The fourth-order valence-corrected chi connectivity index (χ4v) is 6.24. The molecule has 2 aromatic carbocycles. The lowest BCUT2D eigenvalue weighted by atomic mass is 9.95. The van der Waals surface area contributed by atoms with E-state index in [4.69, 9.17) is 0 Å². The number of carbonyl (C=O) groups excluding carboxylic acids is 1. The summed E-state index contributed by atoms with van der Waals surface area (Å²) in [6.45, 7) is -0.438.